The van der Waals surface area contributed by atoms with Crippen LogP contribution in [0.4, 0.5) is 0 Å². The van der Waals surface area contributed by atoms with E-state index in [2.05, 4.69) is 20.9 Å². The van der Waals surface area contributed by atoms with Crippen LogP contribution in [0.1, 0.15) is 40.6 Å². The summed E-state index contributed by atoms with van der Waals surface area (Å²) in [7, 11) is 0. The molecule has 0 atom stereocenters. The lowest BCUT2D eigenvalue weighted by Gasteiger charge is -2.12. The Balaban J connectivity index is 1.58. The first-order chi connectivity index (χ1) is 16.5. The SMILES string of the molecule is CCCCn1nc(C(=O)NNC(=O)c2cc(-c3ccc(Cl)cc3)nc3ccccc23)ccc1=O. The van der Waals surface area contributed by atoms with E-state index in [-0.39, 0.29) is 11.3 Å². The number of pyridine rings is 1. The highest BCUT2D eigenvalue weighted by atomic mass is 35.5. The minimum Gasteiger partial charge on any atom is -0.268 e. The van der Waals surface area contributed by atoms with E-state index in [4.69, 9.17) is 11.6 Å². The van der Waals surface area contributed by atoms with Crippen LogP contribution < -0.4 is 16.4 Å². The van der Waals surface area contributed by atoms with Gasteiger partial charge in [0.25, 0.3) is 17.4 Å². The smallest absolute Gasteiger partial charge is 0.268 e. The molecule has 0 unspecified atom stereocenters. The maximum Gasteiger partial charge on any atom is 0.290 e. The van der Waals surface area contributed by atoms with Crippen molar-refractivity contribution in [3.8, 4) is 11.3 Å². The number of nitrogens with one attached hydrogen (secondary N) is 2. The molecule has 2 N–H and O–H groups in total. The maximum atomic E-state index is 13.0. The van der Waals surface area contributed by atoms with Crippen LogP contribution in [0.3, 0.4) is 0 Å². The van der Waals surface area contributed by atoms with Crippen molar-refractivity contribution in [3.05, 3.63) is 93.4 Å². The zero-order valence-corrected chi connectivity index (χ0v) is 19.2. The number of carbonyl (C=O) groups is 2. The van der Waals surface area contributed by atoms with Crippen molar-refractivity contribution < 1.29 is 9.59 Å². The van der Waals surface area contributed by atoms with Gasteiger partial charge in [-0.3, -0.25) is 25.2 Å². The minimum absolute atomic E-state index is 0.0254. The van der Waals surface area contributed by atoms with Gasteiger partial charge in [-0.25, -0.2) is 9.67 Å². The van der Waals surface area contributed by atoms with E-state index in [0.717, 1.165) is 18.4 Å². The Kier molecular flexibility index (Phi) is 6.98. The first-order valence-corrected chi connectivity index (χ1v) is 11.2. The monoisotopic (exact) mass is 475 g/mol. The molecule has 0 bridgehead atoms. The summed E-state index contributed by atoms with van der Waals surface area (Å²) < 4.78 is 1.25. The number of aromatic nitrogens is 3. The molecule has 2 aromatic carbocycles. The number of aryl methyl sites for hydroxylation is 1. The fourth-order valence-corrected chi connectivity index (χ4v) is 3.54. The largest absolute Gasteiger partial charge is 0.290 e. The van der Waals surface area contributed by atoms with E-state index in [9.17, 15) is 14.4 Å². The van der Waals surface area contributed by atoms with Gasteiger partial charge in [-0.2, -0.15) is 5.10 Å². The van der Waals surface area contributed by atoms with Crippen LogP contribution in [0.5, 0.6) is 0 Å². The van der Waals surface area contributed by atoms with Gasteiger partial charge in [0, 0.05) is 28.6 Å². The first-order valence-electron chi connectivity index (χ1n) is 10.8. The van der Waals surface area contributed by atoms with Crippen LogP contribution in [-0.4, -0.2) is 26.6 Å². The third-order valence-electron chi connectivity index (χ3n) is 5.21. The van der Waals surface area contributed by atoms with Crippen molar-refractivity contribution in [2.45, 2.75) is 26.3 Å². The predicted octanol–water partition coefficient (Wildman–Crippen LogP) is 3.99. The zero-order chi connectivity index (χ0) is 24.1. The highest BCUT2D eigenvalue weighted by molar-refractivity contribution is 6.30. The van der Waals surface area contributed by atoms with Crippen LogP contribution in [0, 0.1) is 0 Å². The number of hydrogen-bond acceptors (Lipinski definition) is 5. The van der Waals surface area contributed by atoms with Gasteiger partial charge in [0.2, 0.25) is 0 Å². The van der Waals surface area contributed by atoms with Crippen molar-refractivity contribution in [1.82, 2.24) is 25.6 Å². The Morgan fingerprint density at radius 3 is 2.47 bits per heavy atom. The van der Waals surface area contributed by atoms with Crippen LogP contribution >= 0.6 is 11.6 Å². The number of hydrogen-bond donors (Lipinski definition) is 2. The second kappa shape index (κ2) is 10.3. The number of unbranched alkanes of at least 4 members (excludes halogenated alkanes) is 1. The second-order valence-corrected chi connectivity index (χ2v) is 8.06. The summed E-state index contributed by atoms with van der Waals surface area (Å²) in [6.07, 6.45) is 1.65. The molecule has 172 valence electrons. The molecular weight excluding hydrogens is 454 g/mol. The molecule has 34 heavy (non-hydrogen) atoms. The lowest BCUT2D eigenvalue weighted by atomic mass is 10.0. The zero-order valence-electron chi connectivity index (χ0n) is 18.4. The number of para-hydroxylation sites is 1. The van der Waals surface area contributed by atoms with Crippen LogP contribution in [0.25, 0.3) is 22.2 Å². The summed E-state index contributed by atoms with van der Waals surface area (Å²) in [5.74, 6) is -1.14. The Morgan fingerprint density at radius 1 is 0.971 bits per heavy atom. The van der Waals surface area contributed by atoms with Crippen LogP contribution in [-0.2, 0) is 6.54 Å². The normalized spacial score (nSPS) is 10.8. The summed E-state index contributed by atoms with van der Waals surface area (Å²) in [6.45, 7) is 2.41. The summed E-state index contributed by atoms with van der Waals surface area (Å²) >= 11 is 5.99. The standard InChI is InChI=1S/C25H22ClN5O3/c1-2-3-14-31-23(32)13-12-21(30-31)25(34)29-28-24(33)19-15-22(16-8-10-17(26)11-9-16)27-20-7-5-4-6-18(19)20/h4-13,15H,2-3,14H2,1H3,(H,28,33)(H,29,34). The summed E-state index contributed by atoms with van der Waals surface area (Å²) in [4.78, 5) is 42.2. The highest BCUT2D eigenvalue weighted by Gasteiger charge is 2.16. The number of halogens is 1. The summed E-state index contributed by atoms with van der Waals surface area (Å²) in [5, 5.41) is 5.33. The number of nitrogens with zero attached hydrogens (tertiary/aromatic N) is 3. The molecule has 0 aliphatic rings. The molecule has 0 aliphatic carbocycles. The number of amides is 2. The van der Waals surface area contributed by atoms with E-state index in [1.54, 1.807) is 24.3 Å². The van der Waals surface area contributed by atoms with Gasteiger partial charge in [0.1, 0.15) is 0 Å². The molecule has 9 heteroatoms. The molecule has 4 rings (SSSR count). The van der Waals surface area contributed by atoms with Gasteiger partial charge in [-0.1, -0.05) is 55.3 Å². The molecule has 0 saturated carbocycles. The van der Waals surface area contributed by atoms with Crippen molar-refractivity contribution in [3.63, 3.8) is 0 Å². The van der Waals surface area contributed by atoms with Crippen LogP contribution in [0.2, 0.25) is 5.02 Å². The molecule has 0 radical (unpaired) electrons. The van der Waals surface area contributed by atoms with Gasteiger partial charge in [-0.15, -0.1) is 0 Å². The fraction of sp³-hybridized carbons (Fsp3) is 0.160. The van der Waals surface area contributed by atoms with Gasteiger partial charge in [-0.05, 0) is 36.8 Å². The molecule has 4 aromatic rings. The molecule has 2 amide bonds. The lowest BCUT2D eigenvalue weighted by molar-refractivity contribution is 0.0843. The predicted molar refractivity (Wildman–Crippen MR) is 131 cm³/mol. The number of hydrazine groups is 1. The molecule has 0 aliphatic heterocycles. The minimum atomic E-state index is -0.630. The first kappa shape index (κ1) is 23.1. The Hall–Kier alpha value is -4.04. The number of benzene rings is 2. The third-order valence-corrected chi connectivity index (χ3v) is 5.47. The number of rotatable bonds is 6. The molecular formula is C25H22ClN5O3. The number of fused-ring (bicyclic) bond motifs is 1. The molecule has 0 spiro atoms. The van der Waals surface area contributed by atoms with Crippen molar-refractivity contribution >= 4 is 34.3 Å². The van der Waals surface area contributed by atoms with E-state index in [0.29, 0.717) is 33.7 Å². The fourth-order valence-electron chi connectivity index (χ4n) is 3.41. The van der Waals surface area contributed by atoms with Crippen molar-refractivity contribution in [2.24, 2.45) is 0 Å². The molecule has 8 nitrogen and oxygen atoms in total. The lowest BCUT2D eigenvalue weighted by Crippen LogP contribution is -2.42. The molecule has 2 heterocycles. The van der Waals surface area contributed by atoms with Crippen LogP contribution in [0.15, 0.2) is 71.5 Å². The Bertz CT molecular complexity index is 1420. The third kappa shape index (κ3) is 5.13. The summed E-state index contributed by atoms with van der Waals surface area (Å²) in [5.41, 5.74) is 6.93. The average Bonchev–Trinajstić information content (AvgIpc) is 2.86. The Morgan fingerprint density at radius 2 is 1.71 bits per heavy atom. The maximum absolute atomic E-state index is 13.0. The quantitative estimate of drug-likeness (QED) is 0.410. The van der Waals surface area contributed by atoms with E-state index in [1.165, 1.54) is 16.8 Å². The van der Waals surface area contributed by atoms with Gasteiger partial charge >= 0.3 is 0 Å². The van der Waals surface area contributed by atoms with Gasteiger partial charge < -0.3 is 0 Å². The van der Waals surface area contributed by atoms with E-state index >= 15 is 0 Å². The van der Waals surface area contributed by atoms with Gasteiger partial charge in [0.15, 0.2) is 5.69 Å². The molecule has 0 fully saturated rings. The van der Waals surface area contributed by atoms with Gasteiger partial charge in [0.05, 0.1) is 16.8 Å². The van der Waals surface area contributed by atoms with Crippen molar-refractivity contribution in [2.75, 3.05) is 0 Å². The second-order valence-electron chi connectivity index (χ2n) is 7.62. The average molecular weight is 476 g/mol. The van der Waals surface area contributed by atoms with E-state index in [1.807, 2.05) is 37.3 Å². The van der Waals surface area contributed by atoms with E-state index < -0.39 is 11.8 Å². The molecule has 2 aromatic heterocycles. The van der Waals surface area contributed by atoms with Crippen molar-refractivity contribution in [1.29, 1.82) is 0 Å². The highest BCUT2D eigenvalue weighted by Crippen LogP contribution is 2.25. The summed E-state index contributed by atoms with van der Waals surface area (Å²) in [6, 6.07) is 18.7. The topological polar surface area (TPSA) is 106 Å². The Labute approximate surface area is 200 Å². The number of carbonyl (C=O) groups excluding carboxylic acids is 2. The molecule has 0 saturated heterocycles.